The molecule has 21 heteroatoms. The van der Waals surface area contributed by atoms with Crippen molar-refractivity contribution in [3.8, 4) is 6.07 Å². The van der Waals surface area contributed by atoms with Crippen LogP contribution in [-0.4, -0.2) is 88.7 Å². The molecule has 0 aliphatic carbocycles. The number of halogens is 11. The topological polar surface area (TPSA) is 99.8 Å². The summed E-state index contributed by atoms with van der Waals surface area (Å²) in [6, 6.07) is 37.7. The maximum Gasteiger partial charge on any atom is -1.00 e. The van der Waals surface area contributed by atoms with Gasteiger partial charge in [0, 0.05) is 77.4 Å². The number of hydrogen-bond acceptors (Lipinski definition) is 5. The second kappa shape index (κ2) is 50.9. The standard InChI is InChI=1S/C13H19ClN.C13H18ClN.C13H19NO.C7H8.C6H12ClNO.C5H11NO.C2H3N.CH2Cl2.Cl5P.ClH/c2*1-10(2)13(14)15(4)9-12-7-5-11(3)6-8-12;1-10(2)13(15)14(4)9-12-7-5-11(3)6-8-12;1-7-5-3-2-4-6-7;1-5(2)6(9)8(3)4-7;1-4(2)5(7)6-3;1-2-3;2-1-3;1-6(2,3,4)5;/h5-8,10H,9H2,1-4H3;5-8H,9H2,1-4H3;5-8,10H,9H2,1-4H3;2-6H,1H3;5H,4H2,1-3H3;4H,1-3H3,(H,6,7);1H3;1H2;;1H/q+1;;;;;;;;;/p-1. The summed E-state index contributed by atoms with van der Waals surface area (Å²) < 4.78 is -1.59. The number of rotatable bonds is 12. The Balaban J connectivity index is -0.000000204. The first-order chi connectivity index (χ1) is 36.7. The van der Waals surface area contributed by atoms with E-state index in [0.29, 0.717) is 12.5 Å². The Kier molecular flexibility index (Phi) is 56.4. The first kappa shape index (κ1) is 89.8. The normalized spacial score (nSPS) is 10.6. The minimum absolute atomic E-state index is 0. The van der Waals surface area contributed by atoms with Crippen molar-refractivity contribution in [1.29, 1.82) is 5.26 Å². The number of hydrogen-bond donors (Lipinski definition) is 1. The Morgan fingerprint density at radius 1 is 0.568 bits per heavy atom. The molecule has 1 N–H and O–H groups in total. The minimum atomic E-state index is -3.69. The van der Waals surface area contributed by atoms with Crippen molar-refractivity contribution < 1.29 is 31.4 Å². The number of alkyl halides is 3. The number of carbonyl (C=O) groups excluding carboxylic acids is 3. The van der Waals surface area contributed by atoms with E-state index in [9.17, 15) is 14.4 Å². The summed E-state index contributed by atoms with van der Waals surface area (Å²) in [4.78, 5) is 38.3. The fourth-order valence-electron chi connectivity index (χ4n) is 5.71. The summed E-state index contributed by atoms with van der Waals surface area (Å²) in [7, 11) is 9.22. The first-order valence-electron chi connectivity index (χ1n) is 25.5. The molecule has 0 atom stereocenters. The quantitative estimate of drug-likeness (QED) is 0.0501. The van der Waals surface area contributed by atoms with Gasteiger partial charge in [0.05, 0.1) is 17.4 Å². The molecule has 0 saturated heterocycles. The van der Waals surface area contributed by atoms with E-state index in [2.05, 4.69) is 141 Å². The third-order valence-corrected chi connectivity index (χ3v) is 11.6. The average Bonchev–Trinajstić information content (AvgIpc) is 3.37. The second-order valence-electron chi connectivity index (χ2n) is 19.5. The first-order valence-corrected chi connectivity index (χ1v) is 34.6. The van der Waals surface area contributed by atoms with Crippen molar-refractivity contribution in [2.24, 2.45) is 23.7 Å². The Morgan fingerprint density at radius 2 is 0.864 bits per heavy atom. The number of carbonyl (C=O) groups is 3. The smallest absolute Gasteiger partial charge is 1.00 e. The maximum absolute atomic E-state index is 11.6. The molecule has 0 aromatic heterocycles. The van der Waals surface area contributed by atoms with Gasteiger partial charge in [-0.2, -0.15) is 5.26 Å². The monoisotopic (exact) mass is 1360 g/mol. The van der Waals surface area contributed by atoms with Gasteiger partial charge in [-0.1, -0.05) is 192 Å². The van der Waals surface area contributed by atoms with E-state index in [4.69, 9.17) is 119 Å². The Bertz CT molecular complexity index is 2360. The molecule has 0 fully saturated rings. The number of nitrogens with zero attached hydrogens (tertiary/aromatic N) is 5. The molecule has 81 heavy (non-hydrogen) atoms. The number of nitrogens with one attached hydrogen (secondary N) is 1. The van der Waals surface area contributed by atoms with Gasteiger partial charge < -0.3 is 32.4 Å². The number of aryl methyl sites for hydroxylation is 4. The fraction of sp³-hybridized carbons (Fsp3) is 0.483. The van der Waals surface area contributed by atoms with E-state index >= 15 is 0 Å². The molecular formula is C60H92Cl11N6O3P. The molecule has 4 aromatic rings. The van der Waals surface area contributed by atoms with Crippen LogP contribution in [0.2, 0.25) is 0 Å². The summed E-state index contributed by atoms with van der Waals surface area (Å²) >= 11 is 52.2. The molecule has 0 spiro atoms. The van der Waals surface area contributed by atoms with Crippen LogP contribution >= 0.6 is 118 Å². The van der Waals surface area contributed by atoms with Gasteiger partial charge in [-0.05, 0) is 69.8 Å². The molecule has 4 rings (SSSR count). The zero-order valence-electron chi connectivity index (χ0n) is 51.2. The third-order valence-electron chi connectivity index (χ3n) is 9.84. The minimum Gasteiger partial charge on any atom is -1.00 e. The predicted molar refractivity (Wildman–Crippen MR) is 359 cm³/mol. The van der Waals surface area contributed by atoms with Crippen LogP contribution in [0.3, 0.4) is 0 Å². The second-order valence-corrected chi connectivity index (χ2v) is 37.9. The number of benzene rings is 4. The van der Waals surface area contributed by atoms with Crippen molar-refractivity contribution in [3.05, 3.63) is 153 Å². The number of amides is 3. The Morgan fingerprint density at radius 3 is 1.09 bits per heavy atom. The summed E-state index contributed by atoms with van der Waals surface area (Å²) in [5.74, 6) is 1.00. The van der Waals surface area contributed by atoms with E-state index in [1.807, 2.05) is 94.7 Å². The van der Waals surface area contributed by atoms with Crippen LogP contribution in [0.4, 0.5) is 0 Å². The van der Waals surface area contributed by atoms with Crippen molar-refractivity contribution in [1.82, 2.24) is 20.0 Å². The zero-order valence-corrected chi connectivity index (χ0v) is 60.4. The van der Waals surface area contributed by atoms with Crippen molar-refractivity contribution >= 4 is 140 Å². The van der Waals surface area contributed by atoms with Gasteiger partial charge in [0.15, 0.2) is 6.54 Å². The molecule has 0 bridgehead atoms. The Hall–Kier alpha value is -2.39. The summed E-state index contributed by atoms with van der Waals surface area (Å²) in [6.45, 7) is 31.7. The molecule has 0 aliphatic rings. The van der Waals surface area contributed by atoms with Gasteiger partial charge in [0.25, 0.3) is 0 Å². The molecular weight excluding hydrogens is 1270 g/mol. The van der Waals surface area contributed by atoms with Crippen LogP contribution in [0.15, 0.2) is 114 Å². The molecule has 3 amide bonds. The van der Waals surface area contributed by atoms with Crippen LogP contribution in [0.25, 0.3) is 0 Å². The molecule has 0 radical (unpaired) electrons. The Labute approximate surface area is 545 Å². The van der Waals surface area contributed by atoms with Crippen LogP contribution < -0.4 is 17.7 Å². The summed E-state index contributed by atoms with van der Waals surface area (Å²) in [5.41, 5.74) is 10.0. The SMILES string of the molecule is CC#N.CC(C)=C(Cl)N(C)Cc1ccc(C)cc1.CC(C)C(=O)N(C)CCl.CNC(=O)C(C)C.Cc1ccc(CN(C)C(=O)C(C)C)cc1.Cc1ccc(C[N+](C)=C(Cl)C(C)C)cc1.Cc1ccccc1.ClCCl.ClP(Cl)(Cl)(Cl)Cl.[Cl-]. The van der Waals surface area contributed by atoms with Crippen LogP contribution in [-0.2, 0) is 34.0 Å². The molecule has 0 saturated carbocycles. The van der Waals surface area contributed by atoms with E-state index in [-0.39, 0.29) is 59.2 Å². The van der Waals surface area contributed by atoms with E-state index < -0.39 is 3.37 Å². The van der Waals surface area contributed by atoms with Gasteiger partial charge in [0.2, 0.25) is 22.9 Å². The van der Waals surface area contributed by atoms with Gasteiger partial charge in [-0.15, -0.1) is 34.8 Å². The number of nitriles is 1. The molecule has 4 aromatic carbocycles. The van der Waals surface area contributed by atoms with Gasteiger partial charge >= 0.3 is 59.6 Å². The van der Waals surface area contributed by atoms with Crippen molar-refractivity contribution in [2.75, 3.05) is 46.6 Å². The summed E-state index contributed by atoms with van der Waals surface area (Å²) in [6.07, 6.45) is 0. The zero-order chi connectivity index (χ0) is 63.5. The number of allylic oxidation sites excluding steroid dienone is 1. The molecule has 0 heterocycles. The summed E-state index contributed by atoms with van der Waals surface area (Å²) in [5, 5.41) is 11.8. The van der Waals surface area contributed by atoms with E-state index in [0.717, 1.165) is 29.0 Å². The molecule has 462 valence electrons. The largest absolute Gasteiger partial charge is 1.00 e. The molecule has 0 unspecified atom stereocenters. The van der Waals surface area contributed by atoms with Crippen LogP contribution in [0, 0.1) is 62.7 Å². The maximum atomic E-state index is 11.6. The van der Waals surface area contributed by atoms with E-state index in [1.54, 1.807) is 25.1 Å². The third kappa shape index (κ3) is 57.8. The van der Waals surface area contributed by atoms with Crippen molar-refractivity contribution in [3.63, 3.8) is 0 Å². The van der Waals surface area contributed by atoms with Crippen LogP contribution in [0.1, 0.15) is 115 Å². The molecule has 9 nitrogen and oxygen atoms in total. The van der Waals surface area contributed by atoms with E-state index in [1.165, 1.54) is 50.8 Å². The average molecular weight is 1370 g/mol. The van der Waals surface area contributed by atoms with Crippen LogP contribution in [0.5, 0.6) is 0 Å². The van der Waals surface area contributed by atoms with Gasteiger partial charge in [-0.25, -0.2) is 4.58 Å². The fourth-order valence-corrected chi connectivity index (χ4v) is 5.95. The predicted octanol–water partition coefficient (Wildman–Crippen LogP) is 16.9. The molecule has 0 aliphatic heterocycles. The van der Waals surface area contributed by atoms with Crippen molar-refractivity contribution in [2.45, 2.75) is 123 Å². The van der Waals surface area contributed by atoms with Gasteiger partial charge in [0.1, 0.15) is 12.2 Å². The van der Waals surface area contributed by atoms with Gasteiger partial charge in [-0.3, -0.25) is 14.4 Å².